The van der Waals surface area contributed by atoms with Gasteiger partial charge < -0.3 is 24.1 Å². The first-order chi connectivity index (χ1) is 17.1. The molecule has 4 aromatic rings. The van der Waals surface area contributed by atoms with Crippen LogP contribution in [0.1, 0.15) is 29.0 Å². The lowest BCUT2D eigenvalue weighted by atomic mass is 9.87. The Morgan fingerprint density at radius 1 is 0.914 bits per heavy atom. The summed E-state index contributed by atoms with van der Waals surface area (Å²) in [5.41, 5.74) is 4.45. The summed E-state index contributed by atoms with van der Waals surface area (Å²) < 4.78 is 18.4. The summed E-state index contributed by atoms with van der Waals surface area (Å²) in [6.07, 6.45) is 2.49. The quantitative estimate of drug-likeness (QED) is 0.313. The first kappa shape index (κ1) is 24.4. The maximum atomic E-state index is 13.0. The molecule has 0 aliphatic heterocycles. The predicted molar refractivity (Wildman–Crippen MR) is 138 cm³/mol. The van der Waals surface area contributed by atoms with Gasteiger partial charge in [0.15, 0.2) is 11.5 Å². The van der Waals surface area contributed by atoms with Gasteiger partial charge in [0, 0.05) is 49.6 Å². The van der Waals surface area contributed by atoms with E-state index >= 15 is 0 Å². The number of rotatable bonds is 11. The minimum atomic E-state index is -0.167. The topological polar surface area (TPSA) is 61.7 Å². The Morgan fingerprint density at radius 2 is 1.66 bits per heavy atom. The normalized spacial score (nSPS) is 11.9. The lowest BCUT2D eigenvalue weighted by Gasteiger charge is -2.19. The SMILES string of the molecule is COCCNC(=O)CC(c1ccc(OC)c(OC)c1)c1cn(Cc2ccccc2)c2ccccc12. The summed E-state index contributed by atoms with van der Waals surface area (Å²) in [5, 5.41) is 4.11. The fraction of sp³-hybridized carbons (Fsp3) is 0.276. The number of carbonyl (C=O) groups excluding carboxylic acids is 1. The van der Waals surface area contributed by atoms with E-state index in [9.17, 15) is 4.79 Å². The molecule has 0 saturated carbocycles. The first-order valence-electron chi connectivity index (χ1n) is 11.7. The van der Waals surface area contributed by atoms with Crippen molar-refractivity contribution in [1.82, 2.24) is 9.88 Å². The molecule has 35 heavy (non-hydrogen) atoms. The van der Waals surface area contributed by atoms with Gasteiger partial charge in [0.2, 0.25) is 5.91 Å². The molecule has 4 rings (SSSR count). The number of fused-ring (bicyclic) bond motifs is 1. The predicted octanol–water partition coefficient (Wildman–Crippen LogP) is 4.99. The van der Waals surface area contributed by atoms with Gasteiger partial charge in [0.1, 0.15) is 0 Å². The highest BCUT2D eigenvalue weighted by Gasteiger charge is 2.24. The highest BCUT2D eigenvalue weighted by molar-refractivity contribution is 5.87. The number of hydrogen-bond donors (Lipinski definition) is 1. The fourth-order valence-electron chi connectivity index (χ4n) is 4.49. The van der Waals surface area contributed by atoms with Gasteiger partial charge in [-0.05, 0) is 34.9 Å². The maximum absolute atomic E-state index is 13.0. The van der Waals surface area contributed by atoms with E-state index in [1.807, 2.05) is 30.3 Å². The van der Waals surface area contributed by atoms with Crippen molar-refractivity contribution in [3.05, 3.63) is 95.7 Å². The summed E-state index contributed by atoms with van der Waals surface area (Å²) in [6.45, 7) is 1.70. The molecule has 6 heteroatoms. The van der Waals surface area contributed by atoms with Crippen LogP contribution in [0.3, 0.4) is 0 Å². The number of hydrogen-bond acceptors (Lipinski definition) is 4. The summed E-state index contributed by atoms with van der Waals surface area (Å²) in [4.78, 5) is 13.0. The average Bonchev–Trinajstić information content (AvgIpc) is 3.25. The van der Waals surface area contributed by atoms with Crippen molar-refractivity contribution < 1.29 is 19.0 Å². The molecule has 0 aliphatic carbocycles. The van der Waals surface area contributed by atoms with E-state index in [0.717, 1.165) is 28.6 Å². The van der Waals surface area contributed by atoms with Crippen LogP contribution in [0.25, 0.3) is 10.9 Å². The third-order valence-electron chi connectivity index (χ3n) is 6.22. The lowest BCUT2D eigenvalue weighted by Crippen LogP contribution is -2.28. The maximum Gasteiger partial charge on any atom is 0.221 e. The second-order valence-electron chi connectivity index (χ2n) is 8.43. The molecule has 3 aromatic carbocycles. The summed E-state index contributed by atoms with van der Waals surface area (Å²) >= 11 is 0. The van der Waals surface area contributed by atoms with Crippen LogP contribution in [0.4, 0.5) is 0 Å². The molecule has 1 amide bonds. The van der Waals surface area contributed by atoms with Crippen LogP contribution in [0, 0.1) is 0 Å². The molecule has 1 atom stereocenters. The van der Waals surface area contributed by atoms with Crippen molar-refractivity contribution in [1.29, 1.82) is 0 Å². The highest BCUT2D eigenvalue weighted by atomic mass is 16.5. The number of methoxy groups -OCH3 is 3. The molecular weight excluding hydrogens is 440 g/mol. The Kier molecular flexibility index (Phi) is 8.06. The van der Waals surface area contributed by atoms with Crippen LogP contribution in [0.2, 0.25) is 0 Å². The van der Waals surface area contributed by atoms with Crippen molar-refractivity contribution in [2.45, 2.75) is 18.9 Å². The van der Waals surface area contributed by atoms with Crippen LogP contribution in [-0.4, -0.2) is 45.0 Å². The van der Waals surface area contributed by atoms with Crippen LogP contribution >= 0.6 is 0 Å². The zero-order valence-corrected chi connectivity index (χ0v) is 20.5. The standard InChI is InChI=1S/C29H32N2O4/c1-33-16-15-30-29(32)18-24(22-13-14-27(34-2)28(17-22)35-3)25-20-31(19-21-9-5-4-6-10-21)26-12-8-7-11-23(25)26/h4-14,17,20,24H,15-16,18-19H2,1-3H3,(H,30,32). The molecule has 182 valence electrons. The molecular formula is C29H32N2O4. The van der Waals surface area contributed by atoms with Gasteiger partial charge in [-0.1, -0.05) is 54.6 Å². The minimum Gasteiger partial charge on any atom is -0.493 e. The Balaban J connectivity index is 1.78. The lowest BCUT2D eigenvalue weighted by molar-refractivity contribution is -0.121. The van der Waals surface area contributed by atoms with E-state index in [2.05, 4.69) is 58.5 Å². The van der Waals surface area contributed by atoms with Crippen molar-refractivity contribution in [2.24, 2.45) is 0 Å². The number of ether oxygens (including phenoxy) is 3. The molecule has 0 aliphatic rings. The van der Waals surface area contributed by atoms with Crippen LogP contribution in [0.5, 0.6) is 11.5 Å². The number of amides is 1. The van der Waals surface area contributed by atoms with E-state index in [-0.39, 0.29) is 11.8 Å². The largest absolute Gasteiger partial charge is 0.493 e. The van der Waals surface area contributed by atoms with Crippen molar-refractivity contribution >= 4 is 16.8 Å². The summed E-state index contributed by atoms with van der Waals surface area (Å²) in [6, 6.07) is 24.6. The highest BCUT2D eigenvalue weighted by Crippen LogP contribution is 2.38. The zero-order chi connectivity index (χ0) is 24.6. The molecule has 0 saturated heterocycles. The third-order valence-corrected chi connectivity index (χ3v) is 6.22. The van der Waals surface area contributed by atoms with Gasteiger partial charge in [-0.25, -0.2) is 0 Å². The monoisotopic (exact) mass is 472 g/mol. The van der Waals surface area contributed by atoms with Crippen LogP contribution in [-0.2, 0) is 16.1 Å². The Hall–Kier alpha value is -3.77. The van der Waals surface area contributed by atoms with E-state index in [1.54, 1.807) is 21.3 Å². The Labute approximate surface area is 206 Å². The third kappa shape index (κ3) is 5.66. The van der Waals surface area contributed by atoms with Gasteiger partial charge in [-0.3, -0.25) is 4.79 Å². The molecule has 0 bridgehead atoms. The van der Waals surface area contributed by atoms with E-state index in [1.165, 1.54) is 5.56 Å². The smallest absolute Gasteiger partial charge is 0.221 e. The van der Waals surface area contributed by atoms with Gasteiger partial charge in [0.05, 0.1) is 20.8 Å². The second kappa shape index (κ2) is 11.6. The number of aromatic nitrogens is 1. The average molecular weight is 473 g/mol. The molecule has 1 aromatic heterocycles. The minimum absolute atomic E-state index is 0.0262. The fourth-order valence-corrected chi connectivity index (χ4v) is 4.49. The first-order valence-corrected chi connectivity index (χ1v) is 11.7. The molecule has 0 radical (unpaired) electrons. The summed E-state index contributed by atoms with van der Waals surface area (Å²) in [5.74, 6) is 1.11. The van der Waals surface area contributed by atoms with Crippen LogP contribution in [0.15, 0.2) is 79.0 Å². The van der Waals surface area contributed by atoms with Gasteiger partial charge in [-0.2, -0.15) is 0 Å². The van der Waals surface area contributed by atoms with Gasteiger partial charge in [0.25, 0.3) is 0 Å². The number of nitrogens with zero attached hydrogens (tertiary/aromatic N) is 1. The van der Waals surface area contributed by atoms with Crippen molar-refractivity contribution in [3.63, 3.8) is 0 Å². The van der Waals surface area contributed by atoms with E-state index in [0.29, 0.717) is 31.1 Å². The molecule has 1 N–H and O–H groups in total. The van der Waals surface area contributed by atoms with Crippen molar-refractivity contribution in [2.75, 3.05) is 34.5 Å². The molecule has 1 unspecified atom stereocenters. The second-order valence-corrected chi connectivity index (χ2v) is 8.43. The summed E-state index contributed by atoms with van der Waals surface area (Å²) in [7, 11) is 4.87. The van der Waals surface area contributed by atoms with E-state index in [4.69, 9.17) is 14.2 Å². The molecule has 0 fully saturated rings. The Morgan fingerprint density at radius 3 is 2.40 bits per heavy atom. The van der Waals surface area contributed by atoms with E-state index < -0.39 is 0 Å². The van der Waals surface area contributed by atoms with Gasteiger partial charge >= 0.3 is 0 Å². The van der Waals surface area contributed by atoms with Crippen molar-refractivity contribution in [3.8, 4) is 11.5 Å². The van der Waals surface area contributed by atoms with Gasteiger partial charge in [-0.15, -0.1) is 0 Å². The molecule has 0 spiro atoms. The molecule has 6 nitrogen and oxygen atoms in total. The van der Waals surface area contributed by atoms with Crippen LogP contribution < -0.4 is 14.8 Å². The number of benzene rings is 3. The number of nitrogens with one attached hydrogen (secondary N) is 1. The Bertz CT molecular complexity index is 1270. The molecule has 1 heterocycles. The number of para-hydroxylation sites is 1. The zero-order valence-electron chi connectivity index (χ0n) is 20.5. The number of carbonyl (C=O) groups is 1.